The van der Waals surface area contributed by atoms with Crippen LogP contribution in [0.3, 0.4) is 0 Å². The summed E-state index contributed by atoms with van der Waals surface area (Å²) in [6, 6.07) is -0.546. The number of rotatable bonds is 3. The molecule has 0 radical (unpaired) electrons. The molecule has 2 atom stereocenters. The van der Waals surface area contributed by atoms with Gasteiger partial charge in [0.25, 0.3) is 0 Å². The number of ether oxygens (including phenoxy) is 1. The van der Waals surface area contributed by atoms with E-state index in [1.54, 1.807) is 23.0 Å². The maximum Gasteiger partial charge on any atom is 0.325 e. The number of methoxy groups -OCH3 is 1. The number of likely N-dealkylation sites (tertiary alicyclic amines) is 1. The van der Waals surface area contributed by atoms with Crippen LogP contribution in [0.25, 0.3) is 0 Å². The van der Waals surface area contributed by atoms with Gasteiger partial charge in [-0.25, -0.2) is 0 Å². The van der Waals surface area contributed by atoms with Crippen LogP contribution in [0.4, 0.5) is 0 Å². The van der Waals surface area contributed by atoms with Crippen LogP contribution in [-0.4, -0.2) is 46.8 Å². The number of hydrogen-bond acceptors (Lipinski definition) is 6. The number of carbonyl (C=O) groups is 1. The molecule has 0 aliphatic carbocycles. The van der Waals surface area contributed by atoms with Gasteiger partial charge in [0.1, 0.15) is 6.04 Å². The van der Waals surface area contributed by atoms with Crippen LogP contribution in [0.1, 0.15) is 17.7 Å². The Bertz CT molecular complexity index is 369. The Hall–Kier alpha value is -0.980. The highest BCUT2D eigenvalue weighted by atomic mass is 32.1. The van der Waals surface area contributed by atoms with Crippen molar-refractivity contribution in [2.24, 2.45) is 0 Å². The summed E-state index contributed by atoms with van der Waals surface area (Å²) in [7, 11) is 1.36. The third-order valence-electron chi connectivity index (χ3n) is 2.99. The minimum absolute atomic E-state index is 0.360. The summed E-state index contributed by atoms with van der Waals surface area (Å²) >= 11 is 1.55. The highest BCUT2D eigenvalue weighted by molar-refractivity contribution is 7.09. The fourth-order valence-electron chi connectivity index (χ4n) is 2.17. The normalized spacial score (nSPS) is 25.8. The number of aromatic nitrogens is 1. The molecule has 1 aliphatic heterocycles. The molecule has 2 rings (SSSR count). The van der Waals surface area contributed by atoms with Crippen molar-refractivity contribution in [2.45, 2.75) is 31.5 Å². The Morgan fingerprint density at radius 3 is 3.24 bits per heavy atom. The van der Waals surface area contributed by atoms with Crippen LogP contribution < -0.4 is 0 Å². The second-order valence-electron chi connectivity index (χ2n) is 4.12. The number of carbonyl (C=O) groups excluding carboxylic acids is 1. The molecule has 0 spiro atoms. The quantitative estimate of drug-likeness (QED) is 0.804. The minimum atomic E-state index is -0.635. The Kier molecular flexibility index (Phi) is 4.09. The maximum absolute atomic E-state index is 11.7. The van der Waals surface area contributed by atoms with Crippen molar-refractivity contribution in [1.29, 1.82) is 0 Å². The Morgan fingerprint density at radius 1 is 1.76 bits per heavy atom. The largest absolute Gasteiger partial charge is 0.468 e. The minimum Gasteiger partial charge on any atom is -0.468 e. The molecule has 1 aliphatic rings. The molecule has 5 nitrogen and oxygen atoms in total. The second-order valence-corrected chi connectivity index (χ2v) is 5.09. The van der Waals surface area contributed by atoms with Crippen LogP contribution in [-0.2, 0) is 16.1 Å². The molecule has 1 fully saturated rings. The molecule has 1 saturated heterocycles. The zero-order valence-corrected chi connectivity index (χ0v) is 10.5. The molecule has 1 aromatic rings. The molecular weight excluding hydrogens is 240 g/mol. The lowest BCUT2D eigenvalue weighted by Gasteiger charge is -2.36. The van der Waals surface area contributed by atoms with Crippen LogP contribution in [0.5, 0.6) is 0 Å². The molecule has 0 bridgehead atoms. The number of hydrogen-bond donors (Lipinski definition) is 1. The fraction of sp³-hybridized carbons (Fsp3) is 0.636. The first kappa shape index (κ1) is 12.5. The first-order chi connectivity index (χ1) is 8.22. The van der Waals surface area contributed by atoms with Crippen LogP contribution in [0.15, 0.2) is 11.7 Å². The van der Waals surface area contributed by atoms with Gasteiger partial charge in [-0.1, -0.05) is 0 Å². The molecule has 1 N–H and O–H groups in total. The number of esters is 1. The second kappa shape index (κ2) is 5.57. The van der Waals surface area contributed by atoms with E-state index in [1.807, 2.05) is 4.90 Å². The predicted octanol–water partition coefficient (Wildman–Crippen LogP) is 0.641. The summed E-state index contributed by atoms with van der Waals surface area (Å²) in [5.41, 5.74) is 1.77. The van der Waals surface area contributed by atoms with E-state index >= 15 is 0 Å². The molecule has 0 amide bonds. The number of thiazole rings is 1. The van der Waals surface area contributed by atoms with Gasteiger partial charge in [-0.3, -0.25) is 14.7 Å². The van der Waals surface area contributed by atoms with Crippen molar-refractivity contribution in [3.05, 3.63) is 16.6 Å². The smallest absolute Gasteiger partial charge is 0.325 e. The molecule has 6 heteroatoms. The highest BCUT2D eigenvalue weighted by Gasteiger charge is 2.36. The summed E-state index contributed by atoms with van der Waals surface area (Å²) in [6.45, 7) is 1.44. The van der Waals surface area contributed by atoms with E-state index in [2.05, 4.69) is 4.98 Å². The Morgan fingerprint density at radius 2 is 2.59 bits per heavy atom. The zero-order chi connectivity index (χ0) is 12.3. The van der Waals surface area contributed by atoms with E-state index in [1.165, 1.54) is 7.11 Å². The van der Waals surface area contributed by atoms with Gasteiger partial charge in [-0.2, -0.15) is 0 Å². The van der Waals surface area contributed by atoms with E-state index in [-0.39, 0.29) is 5.97 Å². The first-order valence-electron chi connectivity index (χ1n) is 5.59. The average Bonchev–Trinajstić information content (AvgIpc) is 2.81. The van der Waals surface area contributed by atoms with Gasteiger partial charge >= 0.3 is 5.97 Å². The third kappa shape index (κ3) is 2.83. The van der Waals surface area contributed by atoms with E-state index in [0.29, 0.717) is 13.0 Å². The van der Waals surface area contributed by atoms with Crippen molar-refractivity contribution in [3.8, 4) is 0 Å². The number of aliphatic hydroxyl groups is 1. The van der Waals surface area contributed by atoms with E-state index in [4.69, 9.17) is 4.74 Å². The van der Waals surface area contributed by atoms with Gasteiger partial charge in [0.05, 0.1) is 18.7 Å². The van der Waals surface area contributed by atoms with Gasteiger partial charge < -0.3 is 9.84 Å². The van der Waals surface area contributed by atoms with Crippen molar-refractivity contribution in [1.82, 2.24) is 9.88 Å². The van der Waals surface area contributed by atoms with Gasteiger partial charge in [0.15, 0.2) is 0 Å². The van der Waals surface area contributed by atoms with Crippen molar-refractivity contribution < 1.29 is 14.6 Å². The fourth-order valence-corrected chi connectivity index (χ4v) is 2.79. The van der Waals surface area contributed by atoms with Gasteiger partial charge in [-0.15, -0.1) is 11.3 Å². The lowest BCUT2D eigenvalue weighted by atomic mass is 9.99. The molecule has 0 aromatic carbocycles. The third-order valence-corrected chi connectivity index (χ3v) is 3.75. The van der Waals surface area contributed by atoms with Crippen LogP contribution in [0.2, 0.25) is 0 Å². The van der Waals surface area contributed by atoms with Gasteiger partial charge in [-0.05, 0) is 19.4 Å². The molecular formula is C11H16N2O3S. The topological polar surface area (TPSA) is 62.7 Å². The monoisotopic (exact) mass is 256 g/mol. The van der Waals surface area contributed by atoms with E-state index in [0.717, 1.165) is 17.8 Å². The average molecular weight is 256 g/mol. The summed E-state index contributed by atoms with van der Waals surface area (Å²) in [6.07, 6.45) is 2.70. The van der Waals surface area contributed by atoms with Crippen molar-refractivity contribution >= 4 is 17.3 Å². The summed E-state index contributed by atoms with van der Waals surface area (Å²) in [5.74, 6) is -0.360. The van der Waals surface area contributed by atoms with Crippen LogP contribution in [0, 0.1) is 0 Å². The first-order valence-corrected chi connectivity index (χ1v) is 6.47. The number of aliphatic hydroxyl groups excluding tert-OH is 1. The highest BCUT2D eigenvalue weighted by Crippen LogP contribution is 2.22. The molecule has 1 aromatic heterocycles. The Balaban J connectivity index is 2.09. The zero-order valence-electron chi connectivity index (χ0n) is 9.70. The standard InChI is InChI=1S/C11H16N2O3S/c1-16-11(15)10-9(14)3-2-4-13(10)6-8-5-12-7-17-8/h5,7,9-10,14H,2-4,6H2,1H3/t9-,10-/m1/s1. The molecule has 94 valence electrons. The van der Waals surface area contributed by atoms with Gasteiger partial charge in [0, 0.05) is 17.6 Å². The molecule has 0 unspecified atom stereocenters. The molecule has 0 saturated carbocycles. The lowest BCUT2D eigenvalue weighted by molar-refractivity contribution is -0.154. The van der Waals surface area contributed by atoms with E-state index < -0.39 is 12.1 Å². The summed E-state index contributed by atoms with van der Waals surface area (Å²) in [4.78, 5) is 18.7. The predicted molar refractivity (Wildman–Crippen MR) is 63.6 cm³/mol. The lowest BCUT2D eigenvalue weighted by Crippen LogP contribution is -2.52. The van der Waals surface area contributed by atoms with Crippen LogP contribution >= 0.6 is 11.3 Å². The van der Waals surface area contributed by atoms with E-state index in [9.17, 15) is 9.90 Å². The van der Waals surface area contributed by atoms with Crippen molar-refractivity contribution in [2.75, 3.05) is 13.7 Å². The SMILES string of the molecule is COC(=O)[C@H]1[C@H](O)CCCN1Cc1cncs1. The number of piperidine rings is 1. The number of nitrogens with zero attached hydrogens (tertiary/aromatic N) is 2. The van der Waals surface area contributed by atoms with Gasteiger partial charge in [0.2, 0.25) is 0 Å². The maximum atomic E-state index is 11.7. The van der Waals surface area contributed by atoms with Crippen molar-refractivity contribution in [3.63, 3.8) is 0 Å². The Labute approximate surface area is 104 Å². The molecule has 17 heavy (non-hydrogen) atoms. The summed E-state index contributed by atoms with van der Waals surface area (Å²) < 4.78 is 4.76. The summed E-state index contributed by atoms with van der Waals surface area (Å²) in [5, 5.41) is 9.91. The molecule has 2 heterocycles.